The third-order valence-corrected chi connectivity index (χ3v) is 3.39. The summed E-state index contributed by atoms with van der Waals surface area (Å²) in [6, 6.07) is 0. The highest BCUT2D eigenvalue weighted by atomic mass is 16.2. The molecule has 0 saturated heterocycles. The van der Waals surface area contributed by atoms with Crippen LogP contribution in [0.3, 0.4) is 0 Å². The molecule has 0 unspecified atom stereocenters. The predicted molar refractivity (Wildman–Crippen MR) is 75.5 cm³/mol. The molecular formula is C16H32O. The lowest BCUT2D eigenvalue weighted by molar-refractivity contribution is 0.186. The summed E-state index contributed by atoms with van der Waals surface area (Å²) in [5, 5.41) is 10.2. The lowest BCUT2D eigenvalue weighted by Gasteiger charge is -2.02. The van der Waals surface area contributed by atoms with Crippen molar-refractivity contribution in [3.8, 4) is 0 Å². The monoisotopic (exact) mass is 240 g/mol. The van der Waals surface area contributed by atoms with Gasteiger partial charge in [0.15, 0.2) is 0 Å². The molecule has 0 fully saturated rings. The second-order valence-corrected chi connectivity index (χ2v) is 5.15. The molecule has 0 amide bonds. The summed E-state index contributed by atoms with van der Waals surface area (Å²) < 4.78 is 0. The van der Waals surface area contributed by atoms with Crippen LogP contribution < -0.4 is 0 Å². The first-order chi connectivity index (χ1) is 8.41. The predicted octanol–water partition coefficient (Wildman–Crippen LogP) is 5.71. The summed E-state index contributed by atoms with van der Waals surface area (Å²) in [6.07, 6.45) is 18.3. The normalized spacial score (nSPS) is 10.9. The highest BCUT2D eigenvalue weighted by molar-refractivity contribution is 4.49. The molecular weight excluding hydrogens is 208 g/mol. The maximum atomic E-state index is 10.2. The quantitative estimate of drug-likeness (QED) is 0.346. The fourth-order valence-electron chi connectivity index (χ4n) is 2.22. The maximum Gasteiger partial charge on any atom is 0.0822 e. The van der Waals surface area contributed by atoms with E-state index in [4.69, 9.17) is 0 Å². The molecule has 2 radical (unpaired) electrons. The van der Waals surface area contributed by atoms with Crippen LogP contribution in [0.2, 0.25) is 0 Å². The van der Waals surface area contributed by atoms with Gasteiger partial charge in [0, 0.05) is 0 Å². The zero-order chi connectivity index (χ0) is 12.6. The molecule has 102 valence electrons. The van der Waals surface area contributed by atoms with E-state index in [2.05, 4.69) is 6.92 Å². The lowest BCUT2D eigenvalue weighted by atomic mass is 10.0. The van der Waals surface area contributed by atoms with Crippen LogP contribution in [0.15, 0.2) is 0 Å². The first kappa shape index (κ1) is 17.0. The van der Waals surface area contributed by atoms with Gasteiger partial charge in [-0.2, -0.15) is 0 Å². The smallest absolute Gasteiger partial charge is 0.0822 e. The van der Waals surface area contributed by atoms with Gasteiger partial charge in [-0.15, -0.1) is 0 Å². The van der Waals surface area contributed by atoms with Gasteiger partial charge in [0.05, 0.1) is 6.61 Å². The Kier molecular flexibility index (Phi) is 15.9. The van der Waals surface area contributed by atoms with Crippen molar-refractivity contribution in [1.82, 2.24) is 0 Å². The maximum absolute atomic E-state index is 10.2. The van der Waals surface area contributed by atoms with Crippen LogP contribution >= 0.6 is 0 Å². The van der Waals surface area contributed by atoms with Crippen LogP contribution in [0.1, 0.15) is 89.9 Å². The van der Waals surface area contributed by atoms with Crippen molar-refractivity contribution in [2.45, 2.75) is 89.9 Å². The summed E-state index contributed by atoms with van der Waals surface area (Å²) in [7, 11) is 0. The van der Waals surface area contributed by atoms with Crippen LogP contribution in [0.5, 0.6) is 0 Å². The third-order valence-electron chi connectivity index (χ3n) is 3.39. The van der Waals surface area contributed by atoms with Crippen LogP contribution in [0.4, 0.5) is 0 Å². The molecule has 0 saturated carbocycles. The minimum atomic E-state index is 0.119. The molecule has 0 atom stereocenters. The molecule has 1 heteroatoms. The van der Waals surface area contributed by atoms with E-state index < -0.39 is 0 Å². The van der Waals surface area contributed by atoms with Gasteiger partial charge in [-0.3, -0.25) is 0 Å². The summed E-state index contributed by atoms with van der Waals surface area (Å²) in [6.45, 7) is 3.98. The fourth-order valence-corrected chi connectivity index (χ4v) is 2.22. The van der Waals surface area contributed by atoms with E-state index in [9.17, 15) is 5.11 Å². The van der Waals surface area contributed by atoms with E-state index in [1.54, 1.807) is 0 Å². The van der Waals surface area contributed by atoms with E-state index in [1.165, 1.54) is 70.6 Å². The van der Waals surface area contributed by atoms with E-state index >= 15 is 0 Å². The molecule has 0 aliphatic rings. The van der Waals surface area contributed by atoms with Crippen LogP contribution in [0, 0.1) is 6.92 Å². The van der Waals surface area contributed by atoms with Crippen molar-refractivity contribution in [3.05, 3.63) is 6.92 Å². The Bertz CT molecular complexity index is 109. The van der Waals surface area contributed by atoms with Crippen LogP contribution in [-0.2, 0) is 5.11 Å². The molecule has 0 aromatic heterocycles. The molecule has 0 N–H and O–H groups in total. The number of hydrogen-bond donors (Lipinski definition) is 0. The zero-order valence-electron chi connectivity index (χ0n) is 11.7. The molecule has 0 aromatic carbocycles. The van der Waals surface area contributed by atoms with Gasteiger partial charge in [-0.05, 0) is 6.42 Å². The average molecular weight is 240 g/mol. The molecule has 0 aromatic rings. The molecule has 0 bridgehead atoms. The summed E-state index contributed by atoms with van der Waals surface area (Å²) >= 11 is 0. The first-order valence-electron chi connectivity index (χ1n) is 7.79. The SMILES string of the molecule is [CH2]CCCCCCCCCCCCCCC[O]. The molecule has 0 heterocycles. The van der Waals surface area contributed by atoms with Crippen molar-refractivity contribution in [3.63, 3.8) is 0 Å². The molecule has 0 rings (SSSR count). The van der Waals surface area contributed by atoms with Gasteiger partial charge in [-0.25, -0.2) is 5.11 Å². The summed E-state index contributed by atoms with van der Waals surface area (Å²) in [5.74, 6) is 0. The molecule has 17 heavy (non-hydrogen) atoms. The van der Waals surface area contributed by atoms with Crippen molar-refractivity contribution in [1.29, 1.82) is 0 Å². The van der Waals surface area contributed by atoms with Gasteiger partial charge in [0.1, 0.15) is 0 Å². The summed E-state index contributed by atoms with van der Waals surface area (Å²) in [5.41, 5.74) is 0. The summed E-state index contributed by atoms with van der Waals surface area (Å²) in [4.78, 5) is 0. The number of hydrogen-bond acceptors (Lipinski definition) is 0. The Hall–Kier alpha value is -0.0400. The standard InChI is InChI=1S/C16H32O/c1-2-3-4-5-6-7-8-9-10-11-12-13-14-15-16-17/h1-16H2. The Labute approximate surface area is 109 Å². The van der Waals surface area contributed by atoms with Crippen molar-refractivity contribution in [2.24, 2.45) is 0 Å². The zero-order valence-corrected chi connectivity index (χ0v) is 11.7. The molecule has 0 aliphatic carbocycles. The molecule has 0 spiro atoms. The minimum absolute atomic E-state index is 0.119. The second-order valence-electron chi connectivity index (χ2n) is 5.15. The van der Waals surface area contributed by atoms with Gasteiger partial charge in [-0.1, -0.05) is 90.4 Å². The van der Waals surface area contributed by atoms with Gasteiger partial charge >= 0.3 is 0 Å². The largest absolute Gasteiger partial charge is 0.237 e. The highest BCUT2D eigenvalue weighted by Gasteiger charge is 1.93. The van der Waals surface area contributed by atoms with E-state index in [0.29, 0.717) is 0 Å². The Morgan fingerprint density at radius 3 is 1.06 bits per heavy atom. The van der Waals surface area contributed by atoms with Crippen molar-refractivity contribution >= 4 is 0 Å². The van der Waals surface area contributed by atoms with E-state index in [1.807, 2.05) is 0 Å². The highest BCUT2D eigenvalue weighted by Crippen LogP contribution is 2.12. The fraction of sp³-hybridized carbons (Fsp3) is 0.938. The Balaban J connectivity index is 2.85. The molecule has 0 aliphatic heterocycles. The number of rotatable bonds is 14. The van der Waals surface area contributed by atoms with Crippen LogP contribution in [0.25, 0.3) is 0 Å². The number of unbranched alkanes of at least 4 members (excludes halogenated alkanes) is 13. The van der Waals surface area contributed by atoms with Gasteiger partial charge in [0.25, 0.3) is 0 Å². The topological polar surface area (TPSA) is 19.9 Å². The van der Waals surface area contributed by atoms with Gasteiger partial charge < -0.3 is 0 Å². The molecule has 1 nitrogen and oxygen atoms in total. The third kappa shape index (κ3) is 16.0. The van der Waals surface area contributed by atoms with Crippen LogP contribution in [-0.4, -0.2) is 6.61 Å². The lowest BCUT2D eigenvalue weighted by Crippen LogP contribution is -1.84. The van der Waals surface area contributed by atoms with Crippen molar-refractivity contribution < 1.29 is 5.11 Å². The second kappa shape index (κ2) is 16.0. The average Bonchev–Trinajstić information content (AvgIpc) is 2.35. The first-order valence-corrected chi connectivity index (χ1v) is 7.79. The minimum Gasteiger partial charge on any atom is -0.237 e. The Morgan fingerprint density at radius 1 is 0.471 bits per heavy atom. The van der Waals surface area contributed by atoms with Crippen molar-refractivity contribution in [2.75, 3.05) is 6.61 Å². The van der Waals surface area contributed by atoms with E-state index in [0.717, 1.165) is 19.3 Å². The van der Waals surface area contributed by atoms with Gasteiger partial charge in [0.2, 0.25) is 0 Å². The van der Waals surface area contributed by atoms with E-state index in [-0.39, 0.29) is 6.61 Å². The Morgan fingerprint density at radius 2 is 0.765 bits per heavy atom.